The van der Waals surface area contributed by atoms with E-state index >= 15 is 0 Å². The Morgan fingerprint density at radius 3 is 2.47 bits per heavy atom. The van der Waals surface area contributed by atoms with E-state index in [1.165, 1.54) is 0 Å². The lowest BCUT2D eigenvalue weighted by atomic mass is 9.99. The van der Waals surface area contributed by atoms with E-state index in [0.717, 1.165) is 18.2 Å². The molecule has 0 aromatic carbocycles. The first-order valence-electron chi connectivity index (χ1n) is 6.59. The Hall–Kier alpha value is -0.520. The molecule has 19 heavy (non-hydrogen) atoms. The van der Waals surface area contributed by atoms with Crippen LogP contribution in [0.1, 0.15) is 40.0 Å². The lowest BCUT2D eigenvalue weighted by Crippen LogP contribution is -2.30. The molecule has 0 saturated carbocycles. The van der Waals surface area contributed by atoms with Crippen molar-refractivity contribution in [3.63, 3.8) is 0 Å². The van der Waals surface area contributed by atoms with Gasteiger partial charge in [0.2, 0.25) is 0 Å². The molecule has 0 radical (unpaired) electrons. The molecule has 3 unspecified atom stereocenters. The van der Waals surface area contributed by atoms with Crippen molar-refractivity contribution in [3.8, 4) is 0 Å². The highest BCUT2D eigenvalue weighted by molar-refractivity contribution is 8.12. The smallest absolute Gasteiger partial charge is 0.367 e. The van der Waals surface area contributed by atoms with Crippen molar-refractivity contribution in [2.75, 3.05) is 6.26 Å². The van der Waals surface area contributed by atoms with Gasteiger partial charge in [-0.1, -0.05) is 6.08 Å². The Morgan fingerprint density at radius 1 is 1.26 bits per heavy atom. The molecule has 1 rings (SSSR count). The Morgan fingerprint density at radius 2 is 1.89 bits per heavy atom. The van der Waals surface area contributed by atoms with E-state index in [9.17, 15) is 9.90 Å². The van der Waals surface area contributed by atoms with Crippen molar-refractivity contribution < 1.29 is 19.4 Å². The Kier molecular flexibility index (Phi) is 6.36. The van der Waals surface area contributed by atoms with Crippen LogP contribution in [0.15, 0.2) is 12.2 Å². The predicted octanol–water partition coefficient (Wildman–Crippen LogP) is 3.14. The molecule has 1 aliphatic carbocycles. The first-order chi connectivity index (χ1) is 8.80. The predicted molar refractivity (Wildman–Crippen MR) is 77.4 cm³/mol. The Balaban J connectivity index is 2.67. The van der Waals surface area contributed by atoms with Gasteiger partial charge in [-0.2, -0.15) is 0 Å². The minimum absolute atomic E-state index is 0.0505. The van der Waals surface area contributed by atoms with Crippen LogP contribution in [0.2, 0.25) is 0 Å². The number of hydrogen-bond acceptors (Lipinski definition) is 5. The van der Waals surface area contributed by atoms with Crippen LogP contribution in [0.25, 0.3) is 0 Å². The summed E-state index contributed by atoms with van der Waals surface area (Å²) in [5, 5.41) is 9.58. The molecule has 0 fully saturated rings. The SMILES string of the molecule is CSC(=O)OC1/C=C/C(OC(C)(C)C)CCC(O)C1. The lowest BCUT2D eigenvalue weighted by molar-refractivity contribution is -0.0485. The van der Waals surface area contributed by atoms with Crippen LogP contribution < -0.4 is 0 Å². The van der Waals surface area contributed by atoms with Crippen LogP contribution >= 0.6 is 11.8 Å². The molecule has 5 heteroatoms. The maximum Gasteiger partial charge on any atom is 0.367 e. The fraction of sp³-hybridized carbons (Fsp3) is 0.786. The van der Waals surface area contributed by atoms with Crippen molar-refractivity contribution in [3.05, 3.63) is 12.2 Å². The zero-order valence-electron chi connectivity index (χ0n) is 12.1. The fourth-order valence-corrected chi connectivity index (χ4v) is 2.20. The summed E-state index contributed by atoms with van der Waals surface area (Å²) in [6, 6.07) is 0. The Labute approximate surface area is 119 Å². The average molecular weight is 288 g/mol. The third-order valence-electron chi connectivity index (χ3n) is 2.75. The maximum absolute atomic E-state index is 11.3. The van der Waals surface area contributed by atoms with Gasteiger partial charge in [-0.15, -0.1) is 0 Å². The van der Waals surface area contributed by atoms with Crippen molar-refractivity contribution >= 4 is 17.1 Å². The normalized spacial score (nSPS) is 30.3. The van der Waals surface area contributed by atoms with E-state index in [1.54, 1.807) is 6.26 Å². The molecule has 3 atom stereocenters. The standard InChI is InChI=1S/C14H24O4S/c1-14(2,3)18-11-6-5-10(15)9-12(8-7-11)17-13(16)19-4/h7-8,10-12,15H,5-6,9H2,1-4H3/b8-7+. The molecule has 110 valence electrons. The third-order valence-corrected chi connectivity index (χ3v) is 3.18. The molecule has 0 saturated heterocycles. The highest BCUT2D eigenvalue weighted by Gasteiger charge is 2.23. The number of ether oxygens (including phenoxy) is 2. The van der Waals surface area contributed by atoms with Crippen molar-refractivity contribution in [1.29, 1.82) is 0 Å². The first-order valence-corrected chi connectivity index (χ1v) is 7.81. The summed E-state index contributed by atoms with van der Waals surface area (Å²) in [6.45, 7) is 6.00. The summed E-state index contributed by atoms with van der Waals surface area (Å²) in [5.74, 6) is 0. The summed E-state index contributed by atoms with van der Waals surface area (Å²) in [7, 11) is 0. The van der Waals surface area contributed by atoms with Crippen LogP contribution in [0, 0.1) is 0 Å². The molecule has 1 N–H and O–H groups in total. The van der Waals surface area contributed by atoms with E-state index in [0.29, 0.717) is 12.8 Å². The van der Waals surface area contributed by atoms with Gasteiger partial charge in [0.15, 0.2) is 0 Å². The Bertz CT molecular complexity index is 322. The van der Waals surface area contributed by atoms with Gasteiger partial charge in [-0.3, -0.25) is 0 Å². The molecule has 0 aliphatic heterocycles. The van der Waals surface area contributed by atoms with Crippen LogP contribution in [0.5, 0.6) is 0 Å². The highest BCUT2D eigenvalue weighted by atomic mass is 32.2. The topological polar surface area (TPSA) is 55.8 Å². The van der Waals surface area contributed by atoms with E-state index < -0.39 is 6.10 Å². The summed E-state index contributed by atoms with van der Waals surface area (Å²) >= 11 is 1.03. The molecular formula is C14H24O4S. The van der Waals surface area contributed by atoms with E-state index in [4.69, 9.17) is 9.47 Å². The largest absolute Gasteiger partial charge is 0.450 e. The van der Waals surface area contributed by atoms with Gasteiger partial charge in [-0.25, -0.2) is 4.79 Å². The van der Waals surface area contributed by atoms with Crippen LogP contribution in [0.3, 0.4) is 0 Å². The van der Waals surface area contributed by atoms with Crippen molar-refractivity contribution in [1.82, 2.24) is 0 Å². The summed E-state index contributed by atoms with van der Waals surface area (Å²) in [4.78, 5) is 11.3. The number of aliphatic hydroxyl groups is 1. The van der Waals surface area contributed by atoms with Crippen LogP contribution in [0.4, 0.5) is 4.79 Å². The number of rotatable bonds is 2. The van der Waals surface area contributed by atoms with Gasteiger partial charge in [0.05, 0.1) is 17.8 Å². The zero-order chi connectivity index (χ0) is 14.5. The zero-order valence-corrected chi connectivity index (χ0v) is 12.9. The number of thioether (sulfide) groups is 1. The first kappa shape index (κ1) is 16.5. The quantitative estimate of drug-likeness (QED) is 0.625. The summed E-state index contributed by atoms with van der Waals surface area (Å²) in [5.41, 5.74) is -0.232. The second-order valence-electron chi connectivity index (χ2n) is 5.73. The van der Waals surface area contributed by atoms with Gasteiger partial charge in [-0.05, 0) is 57.7 Å². The van der Waals surface area contributed by atoms with Crippen molar-refractivity contribution in [2.24, 2.45) is 0 Å². The third kappa shape index (κ3) is 6.99. The second-order valence-corrected chi connectivity index (χ2v) is 6.47. The van der Waals surface area contributed by atoms with E-state index in [1.807, 2.05) is 32.9 Å². The molecule has 0 heterocycles. The minimum Gasteiger partial charge on any atom is -0.450 e. The summed E-state index contributed by atoms with van der Waals surface area (Å²) < 4.78 is 11.1. The van der Waals surface area contributed by atoms with Gasteiger partial charge in [0, 0.05) is 6.42 Å². The number of hydrogen-bond donors (Lipinski definition) is 1. The van der Waals surface area contributed by atoms with E-state index in [-0.39, 0.29) is 23.1 Å². The van der Waals surface area contributed by atoms with Crippen LogP contribution in [-0.4, -0.2) is 40.6 Å². The minimum atomic E-state index is -0.462. The molecule has 1 aliphatic rings. The average Bonchev–Trinajstić information content (AvgIpc) is 2.28. The van der Waals surface area contributed by atoms with Crippen LogP contribution in [-0.2, 0) is 9.47 Å². The molecule has 0 aromatic rings. The highest BCUT2D eigenvalue weighted by Crippen LogP contribution is 2.22. The van der Waals surface area contributed by atoms with Gasteiger partial charge >= 0.3 is 5.30 Å². The number of aliphatic hydroxyl groups excluding tert-OH is 1. The molecule has 0 aromatic heterocycles. The van der Waals surface area contributed by atoms with Gasteiger partial charge < -0.3 is 14.6 Å². The van der Waals surface area contributed by atoms with Crippen molar-refractivity contribution in [2.45, 2.75) is 63.9 Å². The van der Waals surface area contributed by atoms with Gasteiger partial charge in [0.25, 0.3) is 0 Å². The molecule has 4 nitrogen and oxygen atoms in total. The van der Waals surface area contributed by atoms with Gasteiger partial charge in [0.1, 0.15) is 6.10 Å². The van der Waals surface area contributed by atoms with E-state index in [2.05, 4.69) is 0 Å². The molecular weight excluding hydrogens is 264 g/mol. The number of carbonyl (C=O) groups excluding carboxylic acids is 1. The maximum atomic E-state index is 11.3. The molecule has 0 spiro atoms. The molecule has 0 amide bonds. The molecule has 0 bridgehead atoms. The lowest BCUT2D eigenvalue weighted by Gasteiger charge is -2.28. The fourth-order valence-electron chi connectivity index (χ4n) is 1.98. The number of carbonyl (C=O) groups is 1. The second kappa shape index (κ2) is 7.31. The summed E-state index contributed by atoms with van der Waals surface area (Å²) in [6.07, 6.45) is 6.43. The monoisotopic (exact) mass is 288 g/mol.